The molecule has 2 aromatic rings. The predicted molar refractivity (Wildman–Crippen MR) is 130 cm³/mol. The molecule has 170 valence electrons. The molecule has 1 saturated heterocycles. The maximum absolute atomic E-state index is 12.7. The van der Waals surface area contributed by atoms with Crippen molar-refractivity contribution in [1.29, 1.82) is 0 Å². The number of phenolic OH excluding ortho intramolecular Hbond substituents is 1. The number of dihydropyridines is 1. The van der Waals surface area contributed by atoms with Gasteiger partial charge in [-0.15, -0.1) is 0 Å². The third kappa shape index (κ3) is 4.68. The number of piperazine rings is 1. The zero-order valence-electron chi connectivity index (χ0n) is 18.3. The Hall–Kier alpha value is -3.09. The van der Waals surface area contributed by atoms with Gasteiger partial charge in [-0.05, 0) is 42.8 Å². The van der Waals surface area contributed by atoms with E-state index in [2.05, 4.69) is 28.1 Å². The van der Waals surface area contributed by atoms with Gasteiger partial charge in [0.15, 0.2) is 0 Å². The van der Waals surface area contributed by atoms with E-state index in [1.165, 1.54) is 0 Å². The topological polar surface area (TPSA) is 65.4 Å². The van der Waals surface area contributed by atoms with Crippen molar-refractivity contribution in [3.8, 4) is 11.5 Å². The minimum atomic E-state index is -0.0195. The summed E-state index contributed by atoms with van der Waals surface area (Å²) in [5, 5.41) is 11.1. The Bertz CT molecular complexity index is 1140. The molecule has 33 heavy (non-hydrogen) atoms. The predicted octanol–water partition coefficient (Wildman–Crippen LogP) is 4.23. The summed E-state index contributed by atoms with van der Waals surface area (Å²) < 4.78 is 6.07. The molecule has 0 radical (unpaired) electrons. The van der Waals surface area contributed by atoms with E-state index >= 15 is 0 Å². The lowest BCUT2D eigenvalue weighted by molar-refractivity contribution is -0.121. The van der Waals surface area contributed by atoms with Gasteiger partial charge in [-0.25, -0.2) is 0 Å². The molecule has 7 heteroatoms. The molecule has 5 rings (SSSR count). The van der Waals surface area contributed by atoms with Crippen molar-refractivity contribution in [1.82, 2.24) is 4.90 Å². The largest absolute Gasteiger partial charge is 0.508 e. The van der Waals surface area contributed by atoms with Crippen LogP contribution >= 0.6 is 11.6 Å². The van der Waals surface area contributed by atoms with E-state index in [0.717, 1.165) is 36.3 Å². The molecule has 3 aliphatic heterocycles. The van der Waals surface area contributed by atoms with Crippen molar-refractivity contribution in [3.05, 3.63) is 76.9 Å². The normalized spacial score (nSPS) is 21.8. The maximum Gasteiger partial charge on any atom is 0.241 e. The van der Waals surface area contributed by atoms with Gasteiger partial charge in [0.05, 0.1) is 19.0 Å². The highest BCUT2D eigenvalue weighted by Gasteiger charge is 2.29. The van der Waals surface area contributed by atoms with Gasteiger partial charge in [0.1, 0.15) is 11.5 Å². The van der Waals surface area contributed by atoms with Gasteiger partial charge >= 0.3 is 0 Å². The molecule has 3 aliphatic rings. The van der Waals surface area contributed by atoms with Gasteiger partial charge in [-0.1, -0.05) is 41.5 Å². The standard InChI is InChI=1S/C26H26ClN3O3/c27-19-8-10-20(11-9-19)30-15-14-29(17-25(30)32)13-3-4-18-16-22-23(31)6-1-7-24(22)33-26-21(18)5-2-12-28-26/h1-2,4-11,21,31H,3,12-17H2. The van der Waals surface area contributed by atoms with Crippen LogP contribution in [0.25, 0.3) is 0 Å². The molecule has 1 fully saturated rings. The number of aromatic hydroxyl groups is 1. The first-order valence-corrected chi connectivity index (χ1v) is 11.6. The van der Waals surface area contributed by atoms with Crippen molar-refractivity contribution >= 4 is 29.1 Å². The van der Waals surface area contributed by atoms with Gasteiger partial charge in [0.2, 0.25) is 11.8 Å². The third-order valence-electron chi connectivity index (χ3n) is 6.34. The second-order valence-corrected chi connectivity index (χ2v) is 8.92. The number of benzene rings is 2. The Morgan fingerprint density at radius 2 is 2.03 bits per heavy atom. The molecule has 0 aromatic heterocycles. The fraction of sp³-hybridized carbons (Fsp3) is 0.308. The first kappa shape index (κ1) is 21.7. The Morgan fingerprint density at radius 1 is 1.18 bits per heavy atom. The number of nitrogens with zero attached hydrogens (tertiary/aromatic N) is 3. The van der Waals surface area contributed by atoms with E-state index < -0.39 is 0 Å². The lowest BCUT2D eigenvalue weighted by Gasteiger charge is -2.34. The Balaban J connectivity index is 1.26. The molecule has 6 nitrogen and oxygen atoms in total. The van der Waals surface area contributed by atoms with Crippen LogP contribution in [0.1, 0.15) is 12.0 Å². The molecule has 1 N–H and O–H groups in total. The molecule has 0 bridgehead atoms. The number of amides is 1. The summed E-state index contributed by atoms with van der Waals surface area (Å²) >= 11 is 5.97. The average Bonchev–Trinajstić information content (AvgIpc) is 2.98. The number of hydrogen-bond acceptors (Lipinski definition) is 5. The van der Waals surface area contributed by atoms with Crippen LogP contribution in [-0.4, -0.2) is 54.5 Å². The van der Waals surface area contributed by atoms with Crippen molar-refractivity contribution in [3.63, 3.8) is 0 Å². The van der Waals surface area contributed by atoms with Crippen LogP contribution in [0.5, 0.6) is 11.5 Å². The SMILES string of the molecule is O=C1CN(CCC=C2Cc3c(O)cccc3OC3=NCC=CC23)CCN1c1ccc(Cl)cc1. The highest BCUT2D eigenvalue weighted by molar-refractivity contribution is 6.30. The van der Waals surface area contributed by atoms with Crippen LogP contribution in [-0.2, 0) is 11.2 Å². The number of aliphatic imine (C=N–C) groups is 1. The molecule has 2 aromatic carbocycles. The number of phenols is 1. The summed E-state index contributed by atoms with van der Waals surface area (Å²) in [6, 6.07) is 12.8. The molecule has 1 unspecified atom stereocenters. The summed E-state index contributed by atoms with van der Waals surface area (Å²) in [5.41, 5.74) is 2.84. The van der Waals surface area contributed by atoms with Gasteiger partial charge in [-0.3, -0.25) is 14.7 Å². The fourth-order valence-corrected chi connectivity index (χ4v) is 4.72. The lowest BCUT2D eigenvalue weighted by Crippen LogP contribution is -2.50. The van der Waals surface area contributed by atoms with Crippen molar-refractivity contribution < 1.29 is 14.6 Å². The average molecular weight is 464 g/mol. The van der Waals surface area contributed by atoms with E-state index in [1.54, 1.807) is 12.1 Å². The monoisotopic (exact) mass is 463 g/mol. The van der Waals surface area contributed by atoms with Crippen molar-refractivity contribution in [2.24, 2.45) is 10.9 Å². The third-order valence-corrected chi connectivity index (χ3v) is 6.59. The quantitative estimate of drug-likeness (QED) is 0.689. The van der Waals surface area contributed by atoms with Crippen LogP contribution < -0.4 is 9.64 Å². The van der Waals surface area contributed by atoms with Crippen LogP contribution in [0.3, 0.4) is 0 Å². The molecular weight excluding hydrogens is 438 g/mol. The number of anilines is 1. The first-order chi connectivity index (χ1) is 16.1. The minimum Gasteiger partial charge on any atom is -0.508 e. The summed E-state index contributed by atoms with van der Waals surface area (Å²) in [6.07, 6.45) is 7.82. The first-order valence-electron chi connectivity index (χ1n) is 11.3. The number of fused-ring (bicyclic) bond motifs is 2. The number of carbonyl (C=O) groups excluding carboxylic acids is 1. The van der Waals surface area contributed by atoms with E-state index in [0.29, 0.717) is 42.7 Å². The van der Waals surface area contributed by atoms with Crippen molar-refractivity contribution in [2.75, 3.05) is 37.6 Å². The van der Waals surface area contributed by atoms with Crippen molar-refractivity contribution in [2.45, 2.75) is 12.8 Å². The number of carbonyl (C=O) groups is 1. The molecule has 0 spiro atoms. The summed E-state index contributed by atoms with van der Waals surface area (Å²) in [4.78, 5) is 21.3. The summed E-state index contributed by atoms with van der Waals surface area (Å²) in [7, 11) is 0. The molecule has 1 amide bonds. The van der Waals surface area contributed by atoms with E-state index in [4.69, 9.17) is 16.3 Å². The Morgan fingerprint density at radius 3 is 2.85 bits per heavy atom. The van der Waals surface area contributed by atoms with E-state index in [1.807, 2.05) is 35.2 Å². The van der Waals surface area contributed by atoms with Crippen LogP contribution in [0.4, 0.5) is 5.69 Å². The minimum absolute atomic E-state index is 0.0195. The number of ether oxygens (including phenoxy) is 1. The zero-order chi connectivity index (χ0) is 22.8. The van der Waals surface area contributed by atoms with Crippen LogP contribution in [0.2, 0.25) is 5.02 Å². The van der Waals surface area contributed by atoms with Crippen LogP contribution in [0.15, 0.2) is 71.3 Å². The molecule has 0 aliphatic carbocycles. The van der Waals surface area contributed by atoms with Gasteiger partial charge in [0.25, 0.3) is 0 Å². The van der Waals surface area contributed by atoms with Gasteiger partial charge < -0.3 is 14.7 Å². The zero-order valence-corrected chi connectivity index (χ0v) is 19.0. The maximum atomic E-state index is 12.7. The van der Waals surface area contributed by atoms with E-state index in [9.17, 15) is 9.90 Å². The van der Waals surface area contributed by atoms with Crippen LogP contribution in [0, 0.1) is 5.92 Å². The van der Waals surface area contributed by atoms with Gasteiger partial charge in [0, 0.05) is 42.3 Å². The molecule has 0 saturated carbocycles. The number of hydrogen-bond donors (Lipinski definition) is 1. The highest BCUT2D eigenvalue weighted by atomic mass is 35.5. The molecular formula is C26H26ClN3O3. The highest BCUT2D eigenvalue weighted by Crippen LogP contribution is 2.37. The van der Waals surface area contributed by atoms with Gasteiger partial charge in [-0.2, -0.15) is 0 Å². The summed E-state index contributed by atoms with van der Waals surface area (Å²) in [6.45, 7) is 3.28. The molecule has 3 heterocycles. The number of halogens is 1. The second-order valence-electron chi connectivity index (χ2n) is 8.48. The summed E-state index contributed by atoms with van der Waals surface area (Å²) in [5.74, 6) is 1.67. The lowest BCUT2D eigenvalue weighted by atomic mass is 9.91. The molecule has 1 atom stereocenters. The Labute approximate surface area is 198 Å². The number of rotatable bonds is 4. The van der Waals surface area contributed by atoms with E-state index in [-0.39, 0.29) is 17.6 Å². The fourth-order valence-electron chi connectivity index (χ4n) is 4.59. The smallest absolute Gasteiger partial charge is 0.241 e. The second kappa shape index (κ2) is 9.41. The Kier molecular flexibility index (Phi) is 6.20.